The molecule has 1 heterocycles. The Balaban J connectivity index is 1.59. The van der Waals surface area contributed by atoms with Gasteiger partial charge >= 0.3 is 0 Å². The number of fused-ring (bicyclic) bond motifs is 1. The molecule has 1 atom stereocenters. The van der Waals surface area contributed by atoms with Crippen LogP contribution in [0.3, 0.4) is 0 Å². The van der Waals surface area contributed by atoms with E-state index in [4.69, 9.17) is 21.1 Å². The van der Waals surface area contributed by atoms with Crippen molar-refractivity contribution in [2.45, 2.75) is 37.7 Å². The minimum absolute atomic E-state index is 0.0401. The van der Waals surface area contributed by atoms with Crippen LogP contribution in [0, 0.1) is 5.92 Å². The molecule has 0 radical (unpaired) electrons. The number of nitrogens with one attached hydrogen (secondary N) is 1. The molecule has 1 aromatic carbocycles. The van der Waals surface area contributed by atoms with E-state index in [1.54, 1.807) is 0 Å². The van der Waals surface area contributed by atoms with Gasteiger partial charge in [0.15, 0.2) is 6.61 Å². The predicted molar refractivity (Wildman–Crippen MR) is 81.9 cm³/mol. The van der Waals surface area contributed by atoms with Crippen molar-refractivity contribution in [1.82, 2.24) is 0 Å². The maximum Gasteiger partial charge on any atom is 0.262 e. The number of anilines is 1. The number of carbonyl (C=O) groups excluding carboxylic acids is 1. The monoisotopic (exact) mass is 309 g/mol. The van der Waals surface area contributed by atoms with E-state index in [0.29, 0.717) is 17.8 Å². The lowest BCUT2D eigenvalue weighted by atomic mass is 9.78. The van der Waals surface area contributed by atoms with E-state index in [1.165, 1.54) is 0 Å². The molecule has 3 rings (SSSR count). The van der Waals surface area contributed by atoms with E-state index in [0.717, 1.165) is 37.1 Å². The van der Waals surface area contributed by atoms with Crippen molar-refractivity contribution in [2.24, 2.45) is 5.92 Å². The van der Waals surface area contributed by atoms with Crippen molar-refractivity contribution >= 4 is 23.2 Å². The second kappa shape index (κ2) is 6.24. The molecule has 21 heavy (non-hydrogen) atoms. The van der Waals surface area contributed by atoms with Crippen molar-refractivity contribution in [3.05, 3.63) is 23.8 Å². The lowest BCUT2D eigenvalue weighted by molar-refractivity contribution is -0.118. The topological polar surface area (TPSA) is 47.6 Å². The SMILES string of the molecule is CCOC1CC(CC(Cl)c2ccc3c(c2)NC(=O)CO3)C1. The van der Waals surface area contributed by atoms with Crippen molar-refractivity contribution in [2.75, 3.05) is 18.5 Å². The molecular weight excluding hydrogens is 290 g/mol. The number of amides is 1. The average molecular weight is 310 g/mol. The molecule has 1 unspecified atom stereocenters. The average Bonchev–Trinajstić information content (AvgIpc) is 2.44. The Hall–Kier alpha value is -1.26. The van der Waals surface area contributed by atoms with Gasteiger partial charge in [0.25, 0.3) is 5.91 Å². The molecule has 114 valence electrons. The fourth-order valence-corrected chi connectivity index (χ4v) is 3.35. The molecule has 0 saturated heterocycles. The normalized spacial score (nSPS) is 25.3. The number of alkyl halides is 1. The molecule has 0 spiro atoms. The van der Waals surface area contributed by atoms with E-state index in [2.05, 4.69) is 5.32 Å². The number of hydrogen-bond acceptors (Lipinski definition) is 3. The van der Waals surface area contributed by atoms with Crippen LogP contribution in [0.1, 0.15) is 37.1 Å². The van der Waals surface area contributed by atoms with E-state index < -0.39 is 0 Å². The number of ether oxygens (including phenoxy) is 2. The molecule has 0 aromatic heterocycles. The van der Waals surface area contributed by atoms with E-state index in [9.17, 15) is 4.79 Å². The second-order valence-corrected chi connectivity index (χ2v) is 6.24. The van der Waals surface area contributed by atoms with Gasteiger partial charge in [0, 0.05) is 6.61 Å². The molecule has 2 aliphatic rings. The largest absolute Gasteiger partial charge is 0.482 e. The minimum Gasteiger partial charge on any atom is -0.482 e. The van der Waals surface area contributed by atoms with Crippen LogP contribution in [-0.4, -0.2) is 25.2 Å². The molecule has 0 bridgehead atoms. The van der Waals surface area contributed by atoms with Gasteiger partial charge in [-0.3, -0.25) is 4.79 Å². The predicted octanol–water partition coefficient (Wildman–Crippen LogP) is 3.50. The summed E-state index contributed by atoms with van der Waals surface area (Å²) in [5, 5.41) is 2.78. The number of rotatable bonds is 5. The summed E-state index contributed by atoms with van der Waals surface area (Å²) in [5.41, 5.74) is 1.75. The van der Waals surface area contributed by atoms with Gasteiger partial charge in [-0.2, -0.15) is 0 Å². The summed E-state index contributed by atoms with van der Waals surface area (Å²) in [7, 11) is 0. The lowest BCUT2D eigenvalue weighted by Crippen LogP contribution is -2.31. The van der Waals surface area contributed by atoms with Crippen LogP contribution in [0.5, 0.6) is 5.75 Å². The summed E-state index contributed by atoms with van der Waals surface area (Å²) >= 11 is 6.52. The first-order valence-corrected chi connectivity index (χ1v) is 7.91. The fourth-order valence-electron chi connectivity index (χ4n) is 2.96. The Morgan fingerprint density at radius 1 is 1.48 bits per heavy atom. The van der Waals surface area contributed by atoms with Crippen molar-refractivity contribution in [1.29, 1.82) is 0 Å². The maximum atomic E-state index is 11.4. The first-order chi connectivity index (χ1) is 10.2. The lowest BCUT2D eigenvalue weighted by Gasteiger charge is -2.36. The Morgan fingerprint density at radius 3 is 3.05 bits per heavy atom. The molecule has 1 fully saturated rings. The molecule has 1 aliphatic heterocycles. The van der Waals surface area contributed by atoms with Crippen LogP contribution in [0.2, 0.25) is 0 Å². The Kier molecular flexibility index (Phi) is 4.36. The fraction of sp³-hybridized carbons (Fsp3) is 0.562. The highest BCUT2D eigenvalue weighted by Crippen LogP contribution is 2.41. The third-order valence-corrected chi connectivity index (χ3v) is 4.56. The van der Waals surface area contributed by atoms with E-state index in [-0.39, 0.29) is 17.9 Å². The standard InChI is InChI=1S/C16H20ClNO3/c1-2-20-12-5-10(6-12)7-13(17)11-3-4-15-14(8-11)18-16(19)9-21-15/h3-4,8,10,12-13H,2,5-7,9H2,1H3,(H,18,19). The van der Waals surface area contributed by atoms with Crippen LogP contribution in [-0.2, 0) is 9.53 Å². The zero-order valence-corrected chi connectivity index (χ0v) is 12.9. The smallest absolute Gasteiger partial charge is 0.262 e. The first-order valence-electron chi connectivity index (χ1n) is 7.48. The number of halogens is 1. The zero-order chi connectivity index (χ0) is 14.8. The summed E-state index contributed by atoms with van der Waals surface area (Å²) in [6.07, 6.45) is 3.56. The van der Waals surface area contributed by atoms with Gasteiger partial charge < -0.3 is 14.8 Å². The van der Waals surface area contributed by atoms with Gasteiger partial charge in [0.05, 0.1) is 17.2 Å². The van der Waals surface area contributed by atoms with Gasteiger partial charge in [-0.1, -0.05) is 6.07 Å². The minimum atomic E-state index is -0.121. The molecule has 1 saturated carbocycles. The van der Waals surface area contributed by atoms with Crippen molar-refractivity contribution in [3.8, 4) is 5.75 Å². The molecule has 5 heteroatoms. The highest BCUT2D eigenvalue weighted by Gasteiger charge is 2.31. The van der Waals surface area contributed by atoms with Crippen molar-refractivity contribution in [3.63, 3.8) is 0 Å². The highest BCUT2D eigenvalue weighted by molar-refractivity contribution is 6.20. The quantitative estimate of drug-likeness (QED) is 0.847. The number of carbonyl (C=O) groups is 1. The van der Waals surface area contributed by atoms with Gasteiger partial charge in [-0.25, -0.2) is 0 Å². The van der Waals surface area contributed by atoms with E-state index >= 15 is 0 Å². The second-order valence-electron chi connectivity index (χ2n) is 5.71. The maximum absolute atomic E-state index is 11.4. The highest BCUT2D eigenvalue weighted by atomic mass is 35.5. The first kappa shape index (κ1) is 14.7. The van der Waals surface area contributed by atoms with Gasteiger partial charge in [0.1, 0.15) is 5.75 Å². The van der Waals surface area contributed by atoms with Gasteiger partial charge in [-0.05, 0) is 49.8 Å². The Morgan fingerprint density at radius 2 is 2.29 bits per heavy atom. The van der Waals surface area contributed by atoms with Crippen molar-refractivity contribution < 1.29 is 14.3 Å². The van der Waals surface area contributed by atoms with Crippen LogP contribution >= 0.6 is 11.6 Å². The van der Waals surface area contributed by atoms with Crippen LogP contribution in [0.15, 0.2) is 18.2 Å². The van der Waals surface area contributed by atoms with E-state index in [1.807, 2.05) is 25.1 Å². The van der Waals surface area contributed by atoms with Crippen LogP contribution in [0.4, 0.5) is 5.69 Å². The number of hydrogen-bond donors (Lipinski definition) is 1. The molecule has 1 N–H and O–H groups in total. The third kappa shape index (κ3) is 3.33. The molecule has 1 aromatic rings. The molecule has 1 aliphatic carbocycles. The number of benzene rings is 1. The Labute approximate surface area is 129 Å². The molecule has 1 amide bonds. The van der Waals surface area contributed by atoms with Gasteiger partial charge in [-0.15, -0.1) is 11.6 Å². The summed E-state index contributed by atoms with van der Waals surface area (Å²) in [6.45, 7) is 2.89. The summed E-state index contributed by atoms with van der Waals surface area (Å²) in [5.74, 6) is 1.22. The Bertz CT molecular complexity index is 528. The zero-order valence-electron chi connectivity index (χ0n) is 12.1. The van der Waals surface area contributed by atoms with Crippen LogP contribution < -0.4 is 10.1 Å². The summed E-state index contributed by atoms with van der Waals surface area (Å²) in [4.78, 5) is 11.4. The third-order valence-electron chi connectivity index (χ3n) is 4.13. The molecule has 4 nitrogen and oxygen atoms in total. The molecular formula is C16H20ClNO3. The summed E-state index contributed by atoms with van der Waals surface area (Å²) in [6, 6.07) is 5.78. The summed E-state index contributed by atoms with van der Waals surface area (Å²) < 4.78 is 10.9. The van der Waals surface area contributed by atoms with Gasteiger partial charge in [0.2, 0.25) is 0 Å². The van der Waals surface area contributed by atoms with Crippen LogP contribution in [0.25, 0.3) is 0 Å².